The highest BCUT2D eigenvalue weighted by Gasteiger charge is 2.29. The van der Waals surface area contributed by atoms with Gasteiger partial charge in [-0.15, -0.1) is 11.3 Å². The summed E-state index contributed by atoms with van der Waals surface area (Å²) in [7, 11) is 0. The van der Waals surface area contributed by atoms with E-state index in [4.69, 9.17) is 0 Å². The lowest BCUT2D eigenvalue weighted by molar-refractivity contribution is -0.137. The summed E-state index contributed by atoms with van der Waals surface area (Å²) in [5, 5.41) is 3.17. The van der Waals surface area contributed by atoms with E-state index in [1.165, 1.54) is 12.1 Å². The molecular weight excluding hydrogens is 339 g/mol. The van der Waals surface area contributed by atoms with Crippen molar-refractivity contribution in [1.82, 2.24) is 0 Å². The minimum Gasteiger partial charge on any atom is -0.378 e. The SMILES string of the molecule is CC(Nc1ccc(C(F)(F)F)cc1)c1ccc(Br)s1. The van der Waals surface area contributed by atoms with Crippen LogP contribution in [0.4, 0.5) is 18.9 Å². The van der Waals surface area contributed by atoms with E-state index in [1.807, 2.05) is 19.1 Å². The van der Waals surface area contributed by atoms with Crippen molar-refractivity contribution in [2.45, 2.75) is 19.1 Å². The lowest BCUT2D eigenvalue weighted by Crippen LogP contribution is -2.07. The minimum atomic E-state index is -4.29. The molecule has 6 heteroatoms. The van der Waals surface area contributed by atoms with Crippen molar-refractivity contribution in [3.05, 3.63) is 50.6 Å². The van der Waals surface area contributed by atoms with Crippen LogP contribution in [0.3, 0.4) is 0 Å². The van der Waals surface area contributed by atoms with Gasteiger partial charge in [-0.3, -0.25) is 0 Å². The van der Waals surface area contributed by atoms with Crippen LogP contribution >= 0.6 is 27.3 Å². The first kappa shape index (κ1) is 14.4. The third-order valence-corrected chi connectivity index (χ3v) is 4.42. The van der Waals surface area contributed by atoms with Gasteiger partial charge in [-0.1, -0.05) is 0 Å². The monoisotopic (exact) mass is 349 g/mol. The zero-order chi connectivity index (χ0) is 14.0. The Hall–Kier alpha value is -1.01. The van der Waals surface area contributed by atoms with Gasteiger partial charge in [0.1, 0.15) is 0 Å². The van der Waals surface area contributed by atoms with Crippen LogP contribution < -0.4 is 5.32 Å². The van der Waals surface area contributed by atoms with Crippen molar-refractivity contribution < 1.29 is 13.2 Å². The Bertz CT molecular complexity index is 548. The van der Waals surface area contributed by atoms with Crippen molar-refractivity contribution in [3.8, 4) is 0 Å². The number of nitrogens with one attached hydrogen (secondary N) is 1. The maximum absolute atomic E-state index is 12.4. The molecule has 0 amide bonds. The zero-order valence-electron chi connectivity index (χ0n) is 9.96. The Morgan fingerprint density at radius 2 is 1.74 bits per heavy atom. The summed E-state index contributed by atoms with van der Waals surface area (Å²) in [6, 6.07) is 9.04. The fourth-order valence-electron chi connectivity index (χ4n) is 1.64. The standard InChI is InChI=1S/C13H11BrF3NS/c1-8(11-6-7-12(14)19-11)18-10-4-2-9(3-5-10)13(15,16)17/h2-8,18H,1H3. The Labute approximate surface area is 121 Å². The van der Waals surface area contributed by atoms with Crippen LogP contribution in [0.15, 0.2) is 40.2 Å². The van der Waals surface area contributed by atoms with Gasteiger partial charge in [0, 0.05) is 10.6 Å². The summed E-state index contributed by atoms with van der Waals surface area (Å²) in [5.74, 6) is 0. The number of hydrogen-bond donors (Lipinski definition) is 1. The Morgan fingerprint density at radius 1 is 1.11 bits per heavy atom. The number of hydrogen-bond acceptors (Lipinski definition) is 2. The quantitative estimate of drug-likeness (QED) is 0.748. The number of anilines is 1. The molecule has 0 fully saturated rings. The van der Waals surface area contributed by atoms with Gasteiger partial charge in [-0.2, -0.15) is 13.2 Å². The van der Waals surface area contributed by atoms with Gasteiger partial charge in [0.25, 0.3) is 0 Å². The number of benzene rings is 1. The summed E-state index contributed by atoms with van der Waals surface area (Å²) < 4.78 is 38.3. The van der Waals surface area contributed by atoms with Crippen molar-refractivity contribution in [1.29, 1.82) is 0 Å². The van der Waals surface area contributed by atoms with Gasteiger partial charge in [0.05, 0.1) is 15.4 Å². The van der Waals surface area contributed by atoms with Crippen LogP contribution in [0.1, 0.15) is 23.4 Å². The summed E-state index contributed by atoms with van der Waals surface area (Å²) >= 11 is 4.98. The van der Waals surface area contributed by atoms with Crippen LogP contribution in [0.5, 0.6) is 0 Å². The van der Waals surface area contributed by atoms with E-state index in [1.54, 1.807) is 11.3 Å². The molecule has 0 aliphatic rings. The average Bonchev–Trinajstić information content (AvgIpc) is 2.75. The van der Waals surface area contributed by atoms with Gasteiger partial charge in [-0.25, -0.2) is 0 Å². The molecule has 0 bridgehead atoms. The van der Waals surface area contributed by atoms with Crippen molar-refractivity contribution in [3.63, 3.8) is 0 Å². The zero-order valence-corrected chi connectivity index (χ0v) is 12.4. The maximum atomic E-state index is 12.4. The number of rotatable bonds is 3. The van der Waals surface area contributed by atoms with Crippen LogP contribution in [0.25, 0.3) is 0 Å². The maximum Gasteiger partial charge on any atom is 0.416 e. The second-order valence-electron chi connectivity index (χ2n) is 4.08. The summed E-state index contributed by atoms with van der Waals surface area (Å²) in [4.78, 5) is 1.12. The highest BCUT2D eigenvalue weighted by molar-refractivity contribution is 9.11. The molecular formula is C13H11BrF3NS. The molecule has 1 atom stereocenters. The second-order valence-corrected chi connectivity index (χ2v) is 6.58. The van der Waals surface area contributed by atoms with E-state index >= 15 is 0 Å². The summed E-state index contributed by atoms with van der Waals surface area (Å²) in [5.41, 5.74) is 0.0367. The highest BCUT2D eigenvalue weighted by atomic mass is 79.9. The molecule has 2 aromatic rings. The number of thiophene rings is 1. The van der Waals surface area contributed by atoms with Crippen molar-refractivity contribution >= 4 is 33.0 Å². The molecule has 0 aliphatic carbocycles. The van der Waals surface area contributed by atoms with Crippen molar-refractivity contribution in [2.75, 3.05) is 5.32 Å². The predicted molar refractivity (Wildman–Crippen MR) is 75.5 cm³/mol. The summed E-state index contributed by atoms with van der Waals surface area (Å²) in [6.07, 6.45) is -4.29. The predicted octanol–water partition coefficient (Wildman–Crippen LogP) is 5.70. The molecule has 2 rings (SSSR count). The molecule has 1 unspecified atom stereocenters. The van der Waals surface area contributed by atoms with Crippen LogP contribution in [-0.4, -0.2) is 0 Å². The first-order valence-electron chi connectivity index (χ1n) is 5.55. The fraction of sp³-hybridized carbons (Fsp3) is 0.231. The number of alkyl halides is 3. The number of halogens is 4. The first-order valence-corrected chi connectivity index (χ1v) is 7.16. The third kappa shape index (κ3) is 3.73. The second kappa shape index (κ2) is 5.54. The molecule has 0 saturated heterocycles. The van der Waals surface area contributed by atoms with E-state index in [-0.39, 0.29) is 6.04 Å². The largest absolute Gasteiger partial charge is 0.416 e. The van der Waals surface area contributed by atoms with Crippen LogP contribution in [0, 0.1) is 0 Å². The topological polar surface area (TPSA) is 12.0 Å². The van der Waals surface area contributed by atoms with Crippen LogP contribution in [-0.2, 0) is 6.18 Å². The Balaban J connectivity index is 2.07. The fourth-order valence-corrected chi connectivity index (χ4v) is 3.06. The average molecular weight is 350 g/mol. The molecule has 1 aromatic carbocycles. The minimum absolute atomic E-state index is 0.0491. The van der Waals surface area contributed by atoms with Gasteiger partial charge < -0.3 is 5.32 Å². The van der Waals surface area contributed by atoms with Gasteiger partial charge in [0.2, 0.25) is 0 Å². The first-order chi connectivity index (χ1) is 8.86. The van der Waals surface area contributed by atoms with E-state index < -0.39 is 11.7 Å². The summed E-state index contributed by atoms with van der Waals surface area (Å²) in [6.45, 7) is 1.97. The molecule has 1 N–H and O–H groups in total. The van der Waals surface area contributed by atoms with E-state index in [0.29, 0.717) is 5.69 Å². The highest BCUT2D eigenvalue weighted by Crippen LogP contribution is 2.32. The Morgan fingerprint density at radius 3 is 2.21 bits per heavy atom. The third-order valence-electron chi connectivity index (χ3n) is 2.62. The molecule has 0 aliphatic heterocycles. The molecule has 0 saturated carbocycles. The molecule has 102 valence electrons. The van der Waals surface area contributed by atoms with E-state index in [2.05, 4.69) is 21.2 Å². The van der Waals surface area contributed by atoms with E-state index in [9.17, 15) is 13.2 Å². The molecule has 1 heterocycles. The molecule has 1 aromatic heterocycles. The van der Waals surface area contributed by atoms with Crippen molar-refractivity contribution in [2.24, 2.45) is 0 Å². The van der Waals surface area contributed by atoms with Gasteiger partial charge >= 0.3 is 6.18 Å². The molecule has 0 spiro atoms. The lowest BCUT2D eigenvalue weighted by atomic mass is 10.2. The molecule has 0 radical (unpaired) electrons. The molecule has 19 heavy (non-hydrogen) atoms. The van der Waals surface area contributed by atoms with Crippen LogP contribution in [0.2, 0.25) is 0 Å². The van der Waals surface area contributed by atoms with Gasteiger partial charge in [0.15, 0.2) is 0 Å². The van der Waals surface area contributed by atoms with Gasteiger partial charge in [-0.05, 0) is 59.3 Å². The normalized spacial score (nSPS) is 13.3. The van der Waals surface area contributed by atoms with E-state index in [0.717, 1.165) is 20.8 Å². The Kier molecular flexibility index (Phi) is 4.20. The molecule has 1 nitrogen and oxygen atoms in total. The smallest absolute Gasteiger partial charge is 0.378 e. The lowest BCUT2D eigenvalue weighted by Gasteiger charge is -2.14.